The van der Waals surface area contributed by atoms with Crippen molar-refractivity contribution in [3.63, 3.8) is 0 Å². The van der Waals surface area contributed by atoms with Crippen molar-refractivity contribution in [3.05, 3.63) is 0 Å². The number of halogens is 1. The third-order valence-corrected chi connectivity index (χ3v) is 3.03. The van der Waals surface area contributed by atoms with Crippen LogP contribution < -0.4 is 0 Å². The molecule has 0 radical (unpaired) electrons. The molecule has 0 aliphatic carbocycles. The first-order chi connectivity index (χ1) is 7.40. The van der Waals surface area contributed by atoms with E-state index < -0.39 is 18.2 Å². The van der Waals surface area contributed by atoms with E-state index in [4.69, 9.17) is 14.2 Å². The highest BCUT2D eigenvalue weighted by atomic mass is 127. The van der Waals surface area contributed by atoms with E-state index >= 15 is 0 Å². The van der Waals surface area contributed by atoms with Crippen molar-refractivity contribution in [1.29, 1.82) is 0 Å². The average molecular weight is 342 g/mol. The summed E-state index contributed by atoms with van der Waals surface area (Å²) >= 11 is 2.12. The van der Waals surface area contributed by atoms with Gasteiger partial charge in [-0.05, 0) is 6.92 Å². The van der Waals surface area contributed by atoms with Crippen molar-refractivity contribution < 1.29 is 23.8 Å². The molecule has 0 N–H and O–H groups in total. The summed E-state index contributed by atoms with van der Waals surface area (Å²) in [5, 5.41) is 0. The summed E-state index contributed by atoms with van der Waals surface area (Å²) in [6.45, 7) is 4.47. The van der Waals surface area contributed by atoms with E-state index in [0.717, 1.165) is 0 Å². The highest BCUT2D eigenvalue weighted by molar-refractivity contribution is 14.1. The first-order valence-electron chi connectivity index (χ1n) is 5.04. The van der Waals surface area contributed by atoms with Crippen LogP contribution in [0.5, 0.6) is 0 Å². The van der Waals surface area contributed by atoms with E-state index in [1.54, 1.807) is 6.92 Å². The molecule has 0 aromatic heterocycles. The van der Waals surface area contributed by atoms with Crippen LogP contribution in [0.15, 0.2) is 0 Å². The number of ether oxygens (including phenoxy) is 3. The predicted octanol–water partition coefficient (Wildman–Crippen LogP) is 1.42. The van der Waals surface area contributed by atoms with Crippen LogP contribution in [0.2, 0.25) is 0 Å². The van der Waals surface area contributed by atoms with Gasteiger partial charge in [-0.15, -0.1) is 0 Å². The molecular weight excluding hydrogens is 327 g/mol. The van der Waals surface area contributed by atoms with Crippen molar-refractivity contribution in [1.82, 2.24) is 0 Å². The number of esters is 2. The van der Waals surface area contributed by atoms with E-state index in [-0.39, 0.29) is 16.2 Å². The lowest BCUT2D eigenvalue weighted by molar-refractivity contribution is -0.192. The van der Waals surface area contributed by atoms with Crippen LogP contribution in [0.1, 0.15) is 27.2 Å². The molecule has 6 heteroatoms. The minimum atomic E-state index is -0.521. The van der Waals surface area contributed by atoms with E-state index in [2.05, 4.69) is 22.6 Å². The molecule has 4 atom stereocenters. The lowest BCUT2D eigenvalue weighted by Crippen LogP contribution is -2.49. The summed E-state index contributed by atoms with van der Waals surface area (Å²) in [6.07, 6.45) is -0.689. The van der Waals surface area contributed by atoms with Crippen molar-refractivity contribution in [2.45, 2.75) is 49.6 Å². The average Bonchev–Trinajstić information content (AvgIpc) is 2.09. The molecule has 1 saturated heterocycles. The Labute approximate surface area is 108 Å². The molecule has 0 saturated carbocycles. The topological polar surface area (TPSA) is 61.8 Å². The summed E-state index contributed by atoms with van der Waals surface area (Å²) < 4.78 is 15.8. The number of rotatable bonds is 2. The Kier molecular flexibility index (Phi) is 4.97. The third kappa shape index (κ3) is 3.89. The van der Waals surface area contributed by atoms with Crippen LogP contribution in [0.4, 0.5) is 0 Å². The van der Waals surface area contributed by atoms with E-state index in [0.29, 0.717) is 6.42 Å². The largest absolute Gasteiger partial charge is 0.458 e. The van der Waals surface area contributed by atoms with Gasteiger partial charge in [0.15, 0.2) is 6.10 Å². The first kappa shape index (κ1) is 13.7. The second-order valence-corrected chi connectivity index (χ2v) is 5.10. The minimum absolute atomic E-state index is 0.0382. The Balaban J connectivity index is 2.71. The molecule has 0 unspecified atom stereocenters. The fraction of sp³-hybridized carbons (Fsp3) is 0.800. The quantitative estimate of drug-likeness (QED) is 0.432. The molecule has 0 spiro atoms. The van der Waals surface area contributed by atoms with Gasteiger partial charge in [-0.3, -0.25) is 9.59 Å². The Hall–Kier alpha value is -0.370. The van der Waals surface area contributed by atoms with E-state index in [9.17, 15) is 9.59 Å². The molecule has 1 aliphatic rings. The van der Waals surface area contributed by atoms with Crippen LogP contribution >= 0.6 is 22.6 Å². The molecule has 5 nitrogen and oxygen atoms in total. The smallest absolute Gasteiger partial charge is 0.303 e. The second kappa shape index (κ2) is 5.81. The first-order valence-corrected chi connectivity index (χ1v) is 6.28. The van der Waals surface area contributed by atoms with Gasteiger partial charge in [-0.2, -0.15) is 0 Å². The summed E-state index contributed by atoms with van der Waals surface area (Å²) in [7, 11) is 0. The van der Waals surface area contributed by atoms with Crippen LogP contribution in [0.25, 0.3) is 0 Å². The van der Waals surface area contributed by atoms with Crippen LogP contribution in [0.3, 0.4) is 0 Å². The number of carbonyl (C=O) groups excluding carboxylic acids is 2. The van der Waals surface area contributed by atoms with Gasteiger partial charge in [-0.1, -0.05) is 22.6 Å². The molecule has 0 aromatic carbocycles. The Morgan fingerprint density at radius 3 is 2.31 bits per heavy atom. The maximum atomic E-state index is 11.0. The highest BCUT2D eigenvalue weighted by Gasteiger charge is 2.39. The molecular formula is C10H15IO5. The minimum Gasteiger partial charge on any atom is -0.458 e. The van der Waals surface area contributed by atoms with Crippen molar-refractivity contribution in [2.75, 3.05) is 0 Å². The zero-order valence-corrected chi connectivity index (χ0v) is 11.6. The third-order valence-electron chi connectivity index (χ3n) is 2.23. The Morgan fingerprint density at radius 1 is 1.25 bits per heavy atom. The fourth-order valence-electron chi connectivity index (χ4n) is 1.68. The van der Waals surface area contributed by atoms with Crippen LogP contribution in [0, 0.1) is 0 Å². The Morgan fingerprint density at radius 2 is 1.81 bits per heavy atom. The molecule has 0 amide bonds. The van der Waals surface area contributed by atoms with Gasteiger partial charge >= 0.3 is 11.9 Å². The van der Waals surface area contributed by atoms with E-state index in [1.165, 1.54) is 13.8 Å². The lowest BCUT2D eigenvalue weighted by Gasteiger charge is -2.37. The maximum absolute atomic E-state index is 11.0. The number of hydrogen-bond donors (Lipinski definition) is 0. The summed E-state index contributed by atoms with van der Waals surface area (Å²) in [5.41, 5.74) is 0. The van der Waals surface area contributed by atoms with Gasteiger partial charge < -0.3 is 14.2 Å². The van der Waals surface area contributed by atoms with Crippen LogP contribution in [-0.4, -0.2) is 34.4 Å². The summed E-state index contributed by atoms with van der Waals surface area (Å²) in [6, 6.07) is 0. The van der Waals surface area contributed by atoms with Gasteiger partial charge in [0, 0.05) is 20.3 Å². The van der Waals surface area contributed by atoms with Gasteiger partial charge in [0.05, 0.1) is 6.10 Å². The zero-order valence-electron chi connectivity index (χ0n) is 9.44. The fourth-order valence-corrected chi connectivity index (χ4v) is 2.64. The molecule has 1 fully saturated rings. The molecule has 1 aliphatic heterocycles. The van der Waals surface area contributed by atoms with Crippen LogP contribution in [-0.2, 0) is 23.8 Å². The monoisotopic (exact) mass is 342 g/mol. The van der Waals surface area contributed by atoms with Gasteiger partial charge in [0.25, 0.3) is 0 Å². The van der Waals surface area contributed by atoms with Crippen molar-refractivity contribution in [2.24, 2.45) is 0 Å². The van der Waals surface area contributed by atoms with Crippen molar-refractivity contribution in [3.8, 4) is 0 Å². The Bertz CT molecular complexity index is 280. The standard InChI is InChI=1S/C10H15IO5/c1-5-10(16-7(3)13)8(15-6(2)12)4-9(11)14-5/h5,8-10H,4H2,1-3H3/t5-,8-,9+,10-/m1/s1. The molecule has 1 rings (SSSR count). The van der Waals surface area contributed by atoms with Gasteiger partial charge in [-0.25, -0.2) is 0 Å². The SMILES string of the molecule is CC(=O)O[C@@H]1[C@@H](C)O[C@H](I)C[C@H]1OC(C)=O. The second-order valence-electron chi connectivity index (χ2n) is 3.71. The lowest BCUT2D eigenvalue weighted by atomic mass is 10.0. The van der Waals surface area contributed by atoms with Gasteiger partial charge in [0.1, 0.15) is 10.2 Å². The maximum Gasteiger partial charge on any atom is 0.303 e. The number of carbonyl (C=O) groups is 2. The van der Waals surface area contributed by atoms with E-state index in [1.807, 2.05) is 0 Å². The molecule has 1 heterocycles. The molecule has 0 bridgehead atoms. The highest BCUT2D eigenvalue weighted by Crippen LogP contribution is 2.28. The number of alkyl halides is 1. The predicted molar refractivity (Wildman–Crippen MR) is 64.1 cm³/mol. The molecule has 16 heavy (non-hydrogen) atoms. The normalized spacial score (nSPS) is 34.2. The molecule has 92 valence electrons. The summed E-state index contributed by atoms with van der Waals surface area (Å²) in [5.74, 6) is -0.774. The zero-order chi connectivity index (χ0) is 12.3. The molecule has 0 aromatic rings. The number of hydrogen-bond acceptors (Lipinski definition) is 5. The van der Waals surface area contributed by atoms with Crippen molar-refractivity contribution >= 4 is 34.5 Å². The summed E-state index contributed by atoms with van der Waals surface area (Å²) in [4.78, 5) is 21.9. The van der Waals surface area contributed by atoms with Gasteiger partial charge in [0.2, 0.25) is 0 Å².